The van der Waals surface area contributed by atoms with Crippen LogP contribution in [-0.4, -0.2) is 49.6 Å². The van der Waals surface area contributed by atoms with E-state index >= 15 is 0 Å². The number of rotatable bonds is 6. The predicted molar refractivity (Wildman–Crippen MR) is 98.6 cm³/mol. The van der Waals surface area contributed by atoms with Gasteiger partial charge in [0, 0.05) is 24.5 Å². The number of nitrogens with one attached hydrogen (secondary N) is 2. The van der Waals surface area contributed by atoms with Crippen molar-refractivity contribution in [3.63, 3.8) is 0 Å². The lowest BCUT2D eigenvalue weighted by molar-refractivity contribution is -0.139. The van der Waals surface area contributed by atoms with Crippen molar-refractivity contribution in [3.05, 3.63) is 44.8 Å². The normalized spacial score (nSPS) is 16.3. The molecule has 2 amide bonds. The maximum Gasteiger partial charge on any atom is 0.309 e. The molecule has 1 aliphatic rings. The van der Waals surface area contributed by atoms with E-state index in [1.54, 1.807) is 22.7 Å². The van der Waals surface area contributed by atoms with Crippen LogP contribution in [0.5, 0.6) is 0 Å². The van der Waals surface area contributed by atoms with Crippen molar-refractivity contribution < 1.29 is 14.3 Å². The number of morpholine rings is 1. The van der Waals surface area contributed by atoms with Crippen LogP contribution in [0.4, 0.5) is 0 Å². The fraction of sp³-hybridized carbons (Fsp3) is 0.412. The molecule has 8 heteroatoms. The molecule has 134 valence electrons. The van der Waals surface area contributed by atoms with E-state index in [1.807, 2.05) is 22.9 Å². The zero-order valence-corrected chi connectivity index (χ0v) is 15.4. The molecule has 2 N–H and O–H groups in total. The molecule has 0 aromatic carbocycles. The van der Waals surface area contributed by atoms with Crippen molar-refractivity contribution >= 4 is 34.5 Å². The van der Waals surface area contributed by atoms with Gasteiger partial charge in [-0.3, -0.25) is 14.5 Å². The Morgan fingerprint density at radius 2 is 1.96 bits per heavy atom. The fourth-order valence-corrected chi connectivity index (χ4v) is 4.09. The van der Waals surface area contributed by atoms with E-state index in [0.717, 1.165) is 23.5 Å². The summed E-state index contributed by atoms with van der Waals surface area (Å²) in [4.78, 5) is 27.4. The minimum Gasteiger partial charge on any atom is -0.379 e. The minimum absolute atomic E-state index is 0.0594. The highest BCUT2D eigenvalue weighted by Crippen LogP contribution is 2.23. The second-order valence-electron chi connectivity index (χ2n) is 5.69. The highest BCUT2D eigenvalue weighted by molar-refractivity contribution is 7.09. The van der Waals surface area contributed by atoms with Crippen LogP contribution in [-0.2, 0) is 20.9 Å². The third-order valence-electron chi connectivity index (χ3n) is 4.08. The third kappa shape index (κ3) is 5.12. The standard InChI is InChI=1S/C17H21N3O3S2/c21-16(18-10-14-2-1-8-25-14)17(22)19-11-15(13-3-9-24-12-13)20-4-6-23-7-5-20/h1-3,8-9,12,15H,4-7,10-11H2,(H,18,21)(H,19,22). The predicted octanol–water partition coefficient (Wildman–Crippen LogP) is 1.62. The molecular weight excluding hydrogens is 358 g/mol. The van der Waals surface area contributed by atoms with E-state index < -0.39 is 11.8 Å². The zero-order chi connectivity index (χ0) is 17.5. The van der Waals surface area contributed by atoms with E-state index in [2.05, 4.69) is 27.0 Å². The highest BCUT2D eigenvalue weighted by atomic mass is 32.1. The lowest BCUT2D eigenvalue weighted by Crippen LogP contribution is -2.46. The molecule has 0 spiro atoms. The average molecular weight is 380 g/mol. The number of carbonyl (C=O) groups is 2. The first kappa shape index (κ1) is 18.1. The van der Waals surface area contributed by atoms with Crippen LogP contribution < -0.4 is 10.6 Å². The lowest BCUT2D eigenvalue weighted by Gasteiger charge is -2.34. The van der Waals surface area contributed by atoms with Gasteiger partial charge in [-0.05, 0) is 33.8 Å². The molecule has 2 aromatic rings. The molecule has 0 saturated carbocycles. The molecule has 1 unspecified atom stereocenters. The van der Waals surface area contributed by atoms with E-state index in [-0.39, 0.29) is 6.04 Å². The fourth-order valence-electron chi connectivity index (χ4n) is 2.74. The topological polar surface area (TPSA) is 70.7 Å². The smallest absolute Gasteiger partial charge is 0.309 e. The van der Waals surface area contributed by atoms with Gasteiger partial charge in [-0.2, -0.15) is 11.3 Å². The monoisotopic (exact) mass is 379 g/mol. The summed E-state index contributed by atoms with van der Waals surface area (Å²) in [7, 11) is 0. The second kappa shape index (κ2) is 9.10. The van der Waals surface area contributed by atoms with Crippen LogP contribution in [0.2, 0.25) is 0 Å². The maximum atomic E-state index is 12.1. The number of carbonyl (C=O) groups excluding carboxylic acids is 2. The molecule has 1 saturated heterocycles. The molecule has 6 nitrogen and oxygen atoms in total. The van der Waals surface area contributed by atoms with Gasteiger partial charge < -0.3 is 15.4 Å². The van der Waals surface area contributed by atoms with Crippen molar-refractivity contribution in [2.24, 2.45) is 0 Å². The summed E-state index contributed by atoms with van der Waals surface area (Å²) in [5.41, 5.74) is 1.16. The Hall–Kier alpha value is -1.74. The number of ether oxygens (including phenoxy) is 1. The molecule has 2 aromatic heterocycles. The summed E-state index contributed by atoms with van der Waals surface area (Å²) in [5.74, 6) is -1.19. The zero-order valence-electron chi connectivity index (χ0n) is 13.8. The summed E-state index contributed by atoms with van der Waals surface area (Å²) >= 11 is 3.18. The summed E-state index contributed by atoms with van der Waals surface area (Å²) in [6, 6.07) is 5.96. The molecular formula is C17H21N3O3S2. The van der Waals surface area contributed by atoms with Gasteiger partial charge in [-0.1, -0.05) is 6.07 Å². The molecule has 3 heterocycles. The number of hydrogen-bond acceptors (Lipinski definition) is 6. The first-order valence-electron chi connectivity index (χ1n) is 8.16. The average Bonchev–Trinajstić information content (AvgIpc) is 3.34. The van der Waals surface area contributed by atoms with E-state index in [4.69, 9.17) is 4.74 Å². The number of nitrogens with zero attached hydrogens (tertiary/aromatic N) is 1. The Morgan fingerprint density at radius 3 is 2.64 bits per heavy atom. The Balaban J connectivity index is 1.52. The van der Waals surface area contributed by atoms with Crippen molar-refractivity contribution in [3.8, 4) is 0 Å². The molecule has 0 radical (unpaired) electrons. The van der Waals surface area contributed by atoms with Gasteiger partial charge in [0.2, 0.25) is 0 Å². The lowest BCUT2D eigenvalue weighted by atomic mass is 10.1. The first-order valence-corrected chi connectivity index (χ1v) is 9.98. The summed E-state index contributed by atoms with van der Waals surface area (Å²) in [6.45, 7) is 3.80. The van der Waals surface area contributed by atoms with Gasteiger partial charge in [0.15, 0.2) is 0 Å². The second-order valence-corrected chi connectivity index (χ2v) is 7.51. The van der Waals surface area contributed by atoms with Crippen LogP contribution in [0.25, 0.3) is 0 Å². The van der Waals surface area contributed by atoms with Gasteiger partial charge in [0.1, 0.15) is 0 Å². The highest BCUT2D eigenvalue weighted by Gasteiger charge is 2.24. The molecule has 1 atom stereocenters. The van der Waals surface area contributed by atoms with Gasteiger partial charge >= 0.3 is 11.8 Å². The first-order chi connectivity index (χ1) is 12.2. The largest absolute Gasteiger partial charge is 0.379 e. The number of hydrogen-bond donors (Lipinski definition) is 2. The van der Waals surface area contributed by atoms with Crippen LogP contribution in [0.3, 0.4) is 0 Å². The molecule has 1 fully saturated rings. The quantitative estimate of drug-likeness (QED) is 0.748. The van der Waals surface area contributed by atoms with Crippen molar-refractivity contribution in [2.75, 3.05) is 32.8 Å². The number of thiophene rings is 2. The molecule has 0 aliphatic carbocycles. The number of amides is 2. The minimum atomic E-state index is -0.598. The van der Waals surface area contributed by atoms with Gasteiger partial charge in [-0.15, -0.1) is 11.3 Å². The van der Waals surface area contributed by atoms with Gasteiger partial charge in [0.05, 0.1) is 25.8 Å². The van der Waals surface area contributed by atoms with Crippen molar-refractivity contribution in [1.82, 2.24) is 15.5 Å². The summed E-state index contributed by atoms with van der Waals surface area (Å²) in [6.07, 6.45) is 0. The van der Waals surface area contributed by atoms with Crippen LogP contribution >= 0.6 is 22.7 Å². The summed E-state index contributed by atoms with van der Waals surface area (Å²) in [5, 5.41) is 11.5. The molecule has 3 rings (SSSR count). The van der Waals surface area contributed by atoms with E-state index in [0.29, 0.717) is 26.3 Å². The molecule has 1 aliphatic heterocycles. The van der Waals surface area contributed by atoms with Gasteiger partial charge in [-0.25, -0.2) is 0 Å². The Morgan fingerprint density at radius 1 is 1.16 bits per heavy atom. The molecule has 0 bridgehead atoms. The van der Waals surface area contributed by atoms with Crippen LogP contribution in [0, 0.1) is 0 Å². The SMILES string of the molecule is O=C(NCc1cccs1)C(=O)NCC(c1ccsc1)N1CCOCC1. The maximum absolute atomic E-state index is 12.1. The Labute approximate surface area is 154 Å². The van der Waals surface area contributed by atoms with E-state index in [1.165, 1.54) is 0 Å². The third-order valence-corrected chi connectivity index (χ3v) is 5.66. The van der Waals surface area contributed by atoms with Crippen LogP contribution in [0.1, 0.15) is 16.5 Å². The Kier molecular flexibility index (Phi) is 6.57. The van der Waals surface area contributed by atoms with Crippen molar-refractivity contribution in [1.29, 1.82) is 0 Å². The van der Waals surface area contributed by atoms with Crippen molar-refractivity contribution in [2.45, 2.75) is 12.6 Å². The molecule has 25 heavy (non-hydrogen) atoms. The van der Waals surface area contributed by atoms with Crippen LogP contribution in [0.15, 0.2) is 34.3 Å². The van der Waals surface area contributed by atoms with E-state index in [9.17, 15) is 9.59 Å². The Bertz CT molecular complexity index is 667. The summed E-state index contributed by atoms with van der Waals surface area (Å²) < 4.78 is 5.41. The van der Waals surface area contributed by atoms with Gasteiger partial charge in [0.25, 0.3) is 0 Å².